The van der Waals surface area contributed by atoms with Gasteiger partial charge in [0.15, 0.2) is 5.78 Å². The fourth-order valence-corrected chi connectivity index (χ4v) is 1.97. The average Bonchev–Trinajstić information content (AvgIpc) is 2.65. The van der Waals surface area contributed by atoms with Gasteiger partial charge in [-0.1, -0.05) is 0 Å². The van der Waals surface area contributed by atoms with Gasteiger partial charge in [-0.25, -0.2) is 0 Å². The average molecular weight is 238 g/mol. The van der Waals surface area contributed by atoms with Crippen LogP contribution in [-0.4, -0.2) is 64.8 Å². The molecule has 1 aliphatic rings. The molecule has 0 atom stereocenters. The minimum absolute atomic E-state index is 0.0127. The molecule has 0 aromatic carbocycles. The Labute approximate surface area is 104 Å². The van der Waals surface area contributed by atoms with Crippen LogP contribution in [0.1, 0.15) is 19.3 Å². The van der Waals surface area contributed by atoms with Gasteiger partial charge in [0.1, 0.15) is 13.0 Å². The summed E-state index contributed by atoms with van der Waals surface area (Å²) in [5.41, 5.74) is 0. The van der Waals surface area contributed by atoms with Crippen LogP contribution < -0.4 is 0 Å². The number of carbonyl (C=O) groups excluding carboxylic acids is 2. The number of ether oxygens (including phenoxy) is 1. The number of methoxy groups -OCH3 is 1. The van der Waals surface area contributed by atoms with Crippen LogP contribution in [-0.2, 0) is 19.0 Å². The second-order valence-electron chi connectivity index (χ2n) is 4.36. The summed E-state index contributed by atoms with van der Waals surface area (Å²) in [6.45, 7) is 2.56. The quantitative estimate of drug-likeness (QED) is 0.286. The maximum absolute atomic E-state index is 11.5. The molecule has 1 heterocycles. The Balaban J connectivity index is 0.000000770. The van der Waals surface area contributed by atoms with Gasteiger partial charge >= 0.3 is 25.5 Å². The molecule has 0 amide bonds. The molecule has 0 aromatic rings. The van der Waals surface area contributed by atoms with Gasteiger partial charge in [-0.15, -0.1) is 0 Å². The zero-order chi connectivity index (χ0) is 13.3. The van der Waals surface area contributed by atoms with Crippen LogP contribution in [0.2, 0.25) is 0 Å². The molecular formula is C10H18B2NO4+. The van der Waals surface area contributed by atoms with Crippen molar-refractivity contribution in [3.63, 3.8) is 0 Å². The first kappa shape index (κ1) is 16.0. The minimum atomic E-state index is -0.430. The number of esters is 1. The van der Waals surface area contributed by atoms with Gasteiger partial charge in [0.2, 0.25) is 0 Å². The van der Waals surface area contributed by atoms with Gasteiger partial charge < -0.3 is 9.22 Å². The molecule has 1 aliphatic heterocycles. The van der Waals surface area contributed by atoms with Gasteiger partial charge in [0.25, 0.3) is 0 Å². The van der Waals surface area contributed by atoms with Crippen molar-refractivity contribution >= 4 is 26.5 Å². The maximum atomic E-state index is 11.5. The van der Waals surface area contributed by atoms with Crippen molar-refractivity contribution in [1.29, 1.82) is 0 Å². The number of quaternary nitrogens is 1. The standard InChI is InChI=1S/C10H18NO3.B2O/c1-11(5-3-4-6-11)8-9(12)7-10(13)14-2;1-2-3/h3-8H2,1-2H3;/q+1;. The van der Waals surface area contributed by atoms with E-state index in [1.807, 2.05) is 0 Å². The third kappa shape index (κ3) is 7.05. The van der Waals surface area contributed by atoms with Crippen molar-refractivity contribution in [3.8, 4) is 0 Å². The Bertz CT molecular complexity index is 277. The summed E-state index contributed by atoms with van der Waals surface area (Å²) < 4.78 is 13.8. The molecule has 7 heteroatoms. The predicted molar refractivity (Wildman–Crippen MR) is 63.9 cm³/mol. The van der Waals surface area contributed by atoms with Crippen LogP contribution in [0.4, 0.5) is 0 Å². The van der Waals surface area contributed by atoms with Crippen LogP contribution in [0.5, 0.6) is 0 Å². The molecule has 0 aliphatic carbocycles. The van der Waals surface area contributed by atoms with E-state index in [0.717, 1.165) is 17.6 Å². The van der Waals surface area contributed by atoms with Crippen LogP contribution in [0.15, 0.2) is 0 Å². The van der Waals surface area contributed by atoms with Gasteiger partial charge in [0, 0.05) is 12.8 Å². The van der Waals surface area contributed by atoms with E-state index in [0.29, 0.717) is 6.54 Å². The summed E-state index contributed by atoms with van der Waals surface area (Å²) in [5.74, 6) is -0.443. The van der Waals surface area contributed by atoms with Gasteiger partial charge in [0.05, 0.1) is 27.2 Å². The number of hydrogen-bond acceptors (Lipinski definition) is 4. The van der Waals surface area contributed by atoms with E-state index in [2.05, 4.69) is 19.5 Å². The van der Waals surface area contributed by atoms with E-state index in [1.165, 1.54) is 20.0 Å². The van der Waals surface area contributed by atoms with Crippen LogP contribution in [0, 0.1) is 0 Å². The number of nitrogens with zero attached hydrogens (tertiary/aromatic N) is 1. The first-order valence-electron chi connectivity index (χ1n) is 5.55. The number of rotatable bonds is 4. The van der Waals surface area contributed by atoms with Crippen molar-refractivity contribution in [1.82, 2.24) is 0 Å². The number of hydrogen-bond donors (Lipinski definition) is 0. The third-order valence-electron chi connectivity index (χ3n) is 2.77. The summed E-state index contributed by atoms with van der Waals surface area (Å²) in [5, 5.41) is 0. The van der Waals surface area contributed by atoms with Gasteiger partial charge in [-0.05, 0) is 0 Å². The normalized spacial score (nSPS) is 16.4. The van der Waals surface area contributed by atoms with Crippen LogP contribution in [0.3, 0.4) is 0 Å². The molecule has 1 saturated heterocycles. The molecule has 1 rings (SSSR count). The first-order chi connectivity index (χ1) is 7.97. The molecule has 0 spiro atoms. The molecule has 92 valence electrons. The molecule has 1 fully saturated rings. The van der Waals surface area contributed by atoms with E-state index in [9.17, 15) is 9.59 Å². The second-order valence-corrected chi connectivity index (χ2v) is 4.36. The van der Waals surface area contributed by atoms with Crippen LogP contribution in [0.25, 0.3) is 0 Å². The Morgan fingerprint density at radius 1 is 1.35 bits per heavy atom. The molecule has 0 unspecified atom stereocenters. The molecule has 0 bridgehead atoms. The van der Waals surface area contributed by atoms with E-state index in [-0.39, 0.29) is 19.2 Å². The monoisotopic (exact) mass is 238 g/mol. The molecule has 17 heavy (non-hydrogen) atoms. The summed E-state index contributed by atoms with van der Waals surface area (Å²) in [6, 6.07) is 0. The number of likely N-dealkylation sites (N-methyl/N-ethyl adjacent to an activating group) is 1. The van der Waals surface area contributed by atoms with E-state index < -0.39 is 5.97 Å². The zero-order valence-electron chi connectivity index (χ0n) is 10.5. The Morgan fingerprint density at radius 3 is 2.24 bits per heavy atom. The molecule has 0 N–H and O–H groups in total. The summed E-state index contributed by atoms with van der Waals surface area (Å²) in [7, 11) is 7.80. The third-order valence-corrected chi connectivity index (χ3v) is 2.77. The number of carbonyl (C=O) groups is 2. The summed E-state index contributed by atoms with van der Waals surface area (Å²) >= 11 is 0. The van der Waals surface area contributed by atoms with Crippen LogP contribution >= 0.6 is 0 Å². The van der Waals surface area contributed by atoms with Crippen molar-refractivity contribution in [2.45, 2.75) is 19.3 Å². The van der Waals surface area contributed by atoms with E-state index >= 15 is 0 Å². The molecule has 5 nitrogen and oxygen atoms in total. The molecule has 0 aromatic heterocycles. The Hall–Kier alpha value is -0.970. The Kier molecular flexibility index (Phi) is 7.70. The number of ketones is 1. The van der Waals surface area contributed by atoms with Gasteiger partial charge in [-0.3, -0.25) is 9.59 Å². The SMILES string of the molecule is COC(=O)CC(=O)C[N+]1(C)CCCC1.[B]B=O. The molecule has 0 saturated carbocycles. The zero-order valence-corrected chi connectivity index (χ0v) is 10.5. The number of likely N-dealkylation sites (tertiary alicyclic amines) is 1. The van der Waals surface area contributed by atoms with E-state index in [1.54, 1.807) is 0 Å². The van der Waals surface area contributed by atoms with Crippen molar-refractivity contribution < 1.29 is 23.5 Å². The topological polar surface area (TPSA) is 60.4 Å². The van der Waals surface area contributed by atoms with Crippen molar-refractivity contribution in [2.75, 3.05) is 33.8 Å². The summed E-state index contributed by atoms with van der Waals surface area (Å²) in [6.07, 6.45) is 2.29. The molecular weight excluding hydrogens is 220 g/mol. The van der Waals surface area contributed by atoms with Gasteiger partial charge in [-0.2, -0.15) is 0 Å². The van der Waals surface area contributed by atoms with E-state index in [4.69, 9.17) is 4.70 Å². The second kappa shape index (κ2) is 8.17. The predicted octanol–water partition coefficient (Wildman–Crippen LogP) is -0.521. The van der Waals surface area contributed by atoms with Crippen molar-refractivity contribution in [3.05, 3.63) is 0 Å². The Morgan fingerprint density at radius 2 is 1.82 bits per heavy atom. The van der Waals surface area contributed by atoms with Crippen molar-refractivity contribution in [2.24, 2.45) is 0 Å². The number of Topliss-reactive ketones (excluding diaryl/α,β-unsaturated/α-hetero) is 1. The first-order valence-corrected chi connectivity index (χ1v) is 5.55. The molecule has 2 radical (unpaired) electrons. The fraction of sp³-hybridized carbons (Fsp3) is 0.800. The summed E-state index contributed by atoms with van der Waals surface area (Å²) in [4.78, 5) is 22.3. The fourth-order valence-electron chi connectivity index (χ4n) is 1.97.